The molecule has 0 aliphatic heterocycles. The summed E-state index contributed by atoms with van der Waals surface area (Å²) in [6, 6.07) is 8.19. The van der Waals surface area contributed by atoms with E-state index in [1.165, 1.54) is 12.8 Å². The third-order valence-corrected chi connectivity index (χ3v) is 4.95. The second kappa shape index (κ2) is 6.50. The van der Waals surface area contributed by atoms with Crippen LogP contribution in [0.25, 0.3) is 11.4 Å². The fraction of sp³-hybridized carbons (Fsp3) is 0.526. The maximum atomic E-state index is 12.7. The molecule has 2 fully saturated rings. The molecule has 25 heavy (non-hydrogen) atoms. The SMILES string of the molecule is Cc1nc(-c2cccc(OCC(=O)N(C3CC3)[C@H](C)C3CC3)c2)no1. The van der Waals surface area contributed by atoms with Crippen LogP contribution in [0.15, 0.2) is 28.8 Å². The topological polar surface area (TPSA) is 68.5 Å². The third-order valence-electron chi connectivity index (χ3n) is 4.95. The lowest BCUT2D eigenvalue weighted by Crippen LogP contribution is -2.44. The Balaban J connectivity index is 1.41. The molecule has 1 atom stereocenters. The number of nitrogens with zero attached hydrogens (tertiary/aromatic N) is 3. The highest BCUT2D eigenvalue weighted by atomic mass is 16.5. The van der Waals surface area contributed by atoms with E-state index in [2.05, 4.69) is 22.0 Å². The molecule has 0 spiro atoms. The third kappa shape index (κ3) is 3.67. The van der Waals surface area contributed by atoms with Crippen molar-refractivity contribution in [2.45, 2.75) is 51.6 Å². The molecule has 0 radical (unpaired) electrons. The van der Waals surface area contributed by atoms with Gasteiger partial charge in [0.05, 0.1) is 0 Å². The van der Waals surface area contributed by atoms with E-state index < -0.39 is 0 Å². The number of aromatic nitrogens is 2. The monoisotopic (exact) mass is 341 g/mol. The molecule has 1 heterocycles. The Bertz CT molecular complexity index is 765. The first-order valence-corrected chi connectivity index (χ1v) is 8.96. The zero-order valence-corrected chi connectivity index (χ0v) is 14.6. The van der Waals surface area contributed by atoms with Crippen molar-refractivity contribution in [2.75, 3.05) is 6.61 Å². The molecule has 2 aliphatic rings. The van der Waals surface area contributed by atoms with Gasteiger partial charge in [-0.2, -0.15) is 4.98 Å². The van der Waals surface area contributed by atoms with Crippen LogP contribution in [0.1, 0.15) is 38.5 Å². The maximum Gasteiger partial charge on any atom is 0.261 e. The molecule has 132 valence electrons. The Morgan fingerprint density at radius 3 is 2.80 bits per heavy atom. The van der Waals surface area contributed by atoms with Gasteiger partial charge >= 0.3 is 0 Å². The number of carbonyl (C=O) groups is 1. The van der Waals surface area contributed by atoms with E-state index in [0.29, 0.717) is 35.5 Å². The minimum atomic E-state index is 0.0717. The summed E-state index contributed by atoms with van der Waals surface area (Å²) in [5.41, 5.74) is 0.812. The largest absolute Gasteiger partial charge is 0.484 e. The van der Waals surface area contributed by atoms with Gasteiger partial charge in [-0.3, -0.25) is 4.79 Å². The van der Waals surface area contributed by atoms with Gasteiger partial charge in [0.1, 0.15) is 5.75 Å². The number of ether oxygens (including phenoxy) is 1. The summed E-state index contributed by atoms with van der Waals surface area (Å²) < 4.78 is 10.8. The molecule has 0 N–H and O–H groups in total. The molecule has 2 aromatic rings. The number of hydrogen-bond acceptors (Lipinski definition) is 5. The highest BCUT2D eigenvalue weighted by Crippen LogP contribution is 2.39. The Morgan fingerprint density at radius 2 is 2.16 bits per heavy atom. The molecule has 0 bridgehead atoms. The van der Waals surface area contributed by atoms with Crippen LogP contribution in [0.2, 0.25) is 0 Å². The van der Waals surface area contributed by atoms with Gasteiger partial charge in [0, 0.05) is 24.6 Å². The van der Waals surface area contributed by atoms with Crippen molar-refractivity contribution in [3.05, 3.63) is 30.2 Å². The summed E-state index contributed by atoms with van der Waals surface area (Å²) in [6.45, 7) is 4.00. The molecule has 1 aromatic heterocycles. The molecule has 1 amide bonds. The van der Waals surface area contributed by atoms with Gasteiger partial charge in [0.2, 0.25) is 11.7 Å². The van der Waals surface area contributed by atoms with Gasteiger partial charge in [0.15, 0.2) is 6.61 Å². The lowest BCUT2D eigenvalue weighted by Gasteiger charge is -2.29. The molecule has 2 saturated carbocycles. The first-order chi connectivity index (χ1) is 12.1. The Kier molecular flexibility index (Phi) is 4.19. The van der Waals surface area contributed by atoms with Gasteiger partial charge in [-0.05, 0) is 50.7 Å². The first-order valence-electron chi connectivity index (χ1n) is 8.96. The average Bonchev–Trinajstić information content (AvgIpc) is 3.52. The van der Waals surface area contributed by atoms with Crippen LogP contribution < -0.4 is 4.74 Å². The van der Waals surface area contributed by atoms with Crippen LogP contribution >= 0.6 is 0 Å². The van der Waals surface area contributed by atoms with E-state index in [0.717, 1.165) is 18.4 Å². The minimum Gasteiger partial charge on any atom is -0.484 e. The summed E-state index contributed by atoms with van der Waals surface area (Å²) in [5.74, 6) is 2.45. The molecule has 1 aromatic carbocycles. The summed E-state index contributed by atoms with van der Waals surface area (Å²) in [5, 5.41) is 3.91. The van der Waals surface area contributed by atoms with Gasteiger partial charge in [-0.1, -0.05) is 17.3 Å². The predicted molar refractivity (Wildman–Crippen MR) is 92.0 cm³/mol. The normalized spacial score (nSPS) is 18.0. The van der Waals surface area contributed by atoms with Crippen molar-refractivity contribution in [2.24, 2.45) is 5.92 Å². The first kappa shape index (κ1) is 16.1. The standard InChI is InChI=1S/C19H23N3O3/c1-12(14-6-7-14)22(16-8-9-16)18(23)11-24-17-5-3-4-15(10-17)19-20-13(2)25-21-19/h3-5,10,12,14,16H,6-9,11H2,1-2H3/t12-/m1/s1. The molecular formula is C19H23N3O3. The van der Waals surface area contributed by atoms with E-state index in [1.54, 1.807) is 6.92 Å². The minimum absolute atomic E-state index is 0.0717. The van der Waals surface area contributed by atoms with Gasteiger partial charge in [0.25, 0.3) is 5.91 Å². The zero-order chi connectivity index (χ0) is 17.4. The average molecular weight is 341 g/mol. The van der Waals surface area contributed by atoms with E-state index in [4.69, 9.17) is 9.26 Å². The van der Waals surface area contributed by atoms with Crippen LogP contribution in [0.5, 0.6) is 5.75 Å². The lowest BCUT2D eigenvalue weighted by atomic mass is 10.1. The van der Waals surface area contributed by atoms with Gasteiger partial charge in [-0.15, -0.1) is 0 Å². The van der Waals surface area contributed by atoms with Crippen molar-refractivity contribution >= 4 is 5.91 Å². The highest BCUT2D eigenvalue weighted by molar-refractivity contribution is 5.79. The zero-order valence-electron chi connectivity index (χ0n) is 14.6. The number of hydrogen-bond donors (Lipinski definition) is 0. The van der Waals surface area contributed by atoms with Crippen LogP contribution in [0.4, 0.5) is 0 Å². The van der Waals surface area contributed by atoms with Crippen LogP contribution in [0, 0.1) is 12.8 Å². The van der Waals surface area contributed by atoms with Gasteiger partial charge < -0.3 is 14.2 Å². The summed E-state index contributed by atoms with van der Waals surface area (Å²) >= 11 is 0. The van der Waals surface area contributed by atoms with Crippen LogP contribution in [-0.4, -0.2) is 39.6 Å². The number of carbonyl (C=O) groups excluding carboxylic acids is 1. The number of rotatable bonds is 7. The smallest absolute Gasteiger partial charge is 0.261 e. The van der Waals surface area contributed by atoms with Crippen molar-refractivity contribution < 1.29 is 14.1 Å². The number of benzene rings is 1. The lowest BCUT2D eigenvalue weighted by molar-refractivity contribution is -0.136. The molecule has 0 saturated heterocycles. The number of aryl methyl sites for hydroxylation is 1. The maximum absolute atomic E-state index is 12.7. The van der Waals surface area contributed by atoms with Crippen molar-refractivity contribution in [3.63, 3.8) is 0 Å². The predicted octanol–water partition coefficient (Wildman–Crippen LogP) is 3.21. The molecule has 2 aliphatic carbocycles. The number of amides is 1. The molecular weight excluding hydrogens is 318 g/mol. The Morgan fingerprint density at radius 1 is 1.36 bits per heavy atom. The molecule has 6 nitrogen and oxygen atoms in total. The van der Waals surface area contributed by atoms with Crippen molar-refractivity contribution in [1.29, 1.82) is 0 Å². The fourth-order valence-electron chi connectivity index (χ4n) is 3.28. The molecule has 6 heteroatoms. The summed E-state index contributed by atoms with van der Waals surface area (Å²) in [6.07, 6.45) is 4.72. The summed E-state index contributed by atoms with van der Waals surface area (Å²) in [4.78, 5) is 19.0. The van der Waals surface area contributed by atoms with E-state index in [9.17, 15) is 4.79 Å². The van der Waals surface area contributed by atoms with Crippen LogP contribution in [0.3, 0.4) is 0 Å². The Labute approximate surface area is 147 Å². The Hall–Kier alpha value is -2.37. The fourth-order valence-corrected chi connectivity index (χ4v) is 3.28. The quantitative estimate of drug-likeness (QED) is 0.773. The molecule has 0 unspecified atom stereocenters. The van der Waals surface area contributed by atoms with E-state index in [1.807, 2.05) is 24.3 Å². The van der Waals surface area contributed by atoms with Crippen molar-refractivity contribution in [1.82, 2.24) is 15.0 Å². The van der Waals surface area contributed by atoms with E-state index >= 15 is 0 Å². The van der Waals surface area contributed by atoms with Crippen molar-refractivity contribution in [3.8, 4) is 17.1 Å². The second-order valence-corrected chi connectivity index (χ2v) is 7.06. The van der Waals surface area contributed by atoms with E-state index in [-0.39, 0.29) is 12.5 Å². The highest BCUT2D eigenvalue weighted by Gasteiger charge is 2.41. The molecule has 4 rings (SSSR count). The van der Waals surface area contributed by atoms with Gasteiger partial charge in [-0.25, -0.2) is 0 Å². The van der Waals surface area contributed by atoms with Crippen LogP contribution in [-0.2, 0) is 4.79 Å². The summed E-state index contributed by atoms with van der Waals surface area (Å²) in [7, 11) is 0. The second-order valence-electron chi connectivity index (χ2n) is 7.06.